The Morgan fingerprint density at radius 1 is 1.43 bits per heavy atom. The summed E-state index contributed by atoms with van der Waals surface area (Å²) in [5, 5.41) is 8.97. The van der Waals surface area contributed by atoms with Crippen LogP contribution in [0.2, 0.25) is 0 Å². The second kappa shape index (κ2) is 6.52. The van der Waals surface area contributed by atoms with E-state index in [1.807, 2.05) is 41.8 Å². The van der Waals surface area contributed by atoms with Gasteiger partial charge in [-0.25, -0.2) is 0 Å². The molecule has 1 unspecified atom stereocenters. The molecule has 5 nitrogen and oxygen atoms in total. The number of oxime groups is 1. The average Bonchev–Trinajstić information content (AvgIpc) is 3.18. The smallest absolute Gasteiger partial charge is 0.271 e. The van der Waals surface area contributed by atoms with Gasteiger partial charge in [-0.2, -0.15) is 0 Å². The molecule has 1 aliphatic rings. The minimum atomic E-state index is -0.989. The van der Waals surface area contributed by atoms with Crippen molar-refractivity contribution in [2.75, 3.05) is 12.4 Å². The number of hydrogen-bond acceptors (Lipinski definition) is 5. The van der Waals surface area contributed by atoms with E-state index >= 15 is 0 Å². The minimum absolute atomic E-state index is 0.206. The molecular formula is C17H18N2O3S. The average molecular weight is 330 g/mol. The molecule has 3 rings (SSSR count). The summed E-state index contributed by atoms with van der Waals surface area (Å²) in [7, 11) is 1.64. The number of nitrogens with one attached hydrogen (secondary N) is 1. The fourth-order valence-corrected chi connectivity index (χ4v) is 3.11. The van der Waals surface area contributed by atoms with Gasteiger partial charge >= 0.3 is 0 Å². The SMILES string of the molecule is COCc1cccc(NC(=O)C2(C)CC(c3cccs3)=NO2)c1. The number of anilines is 1. The number of hydrogen-bond donors (Lipinski definition) is 1. The summed E-state index contributed by atoms with van der Waals surface area (Å²) >= 11 is 1.59. The molecule has 120 valence electrons. The maximum Gasteiger partial charge on any atom is 0.271 e. The zero-order valence-corrected chi connectivity index (χ0v) is 13.9. The summed E-state index contributed by atoms with van der Waals surface area (Å²) in [6, 6.07) is 11.5. The van der Waals surface area contributed by atoms with Crippen molar-refractivity contribution < 1.29 is 14.4 Å². The van der Waals surface area contributed by atoms with Crippen LogP contribution in [0.25, 0.3) is 0 Å². The second-order valence-electron chi connectivity index (χ2n) is 5.60. The molecule has 2 heterocycles. The Hall–Kier alpha value is -2.18. The second-order valence-corrected chi connectivity index (χ2v) is 6.55. The Bertz CT molecular complexity index is 727. The van der Waals surface area contributed by atoms with Crippen molar-refractivity contribution in [3.05, 3.63) is 52.2 Å². The number of amides is 1. The molecule has 0 saturated heterocycles. The zero-order chi connectivity index (χ0) is 16.3. The van der Waals surface area contributed by atoms with Crippen LogP contribution in [0.1, 0.15) is 23.8 Å². The molecule has 0 fully saturated rings. The molecule has 1 aliphatic heterocycles. The van der Waals surface area contributed by atoms with Gasteiger partial charge in [0, 0.05) is 19.2 Å². The third kappa shape index (κ3) is 3.43. The first-order chi connectivity index (χ1) is 11.1. The Kier molecular flexibility index (Phi) is 4.45. The molecule has 2 aromatic rings. The van der Waals surface area contributed by atoms with Gasteiger partial charge in [0.1, 0.15) is 5.71 Å². The maximum absolute atomic E-state index is 12.6. The van der Waals surface area contributed by atoms with E-state index in [0.717, 1.165) is 21.8 Å². The highest BCUT2D eigenvalue weighted by Gasteiger charge is 2.42. The van der Waals surface area contributed by atoms with Crippen LogP contribution in [0.4, 0.5) is 5.69 Å². The van der Waals surface area contributed by atoms with Crippen LogP contribution in [-0.2, 0) is 21.0 Å². The molecule has 0 saturated carbocycles. The van der Waals surface area contributed by atoms with Gasteiger partial charge in [-0.15, -0.1) is 11.3 Å². The molecule has 6 heteroatoms. The maximum atomic E-state index is 12.6. The summed E-state index contributed by atoms with van der Waals surface area (Å²) in [4.78, 5) is 19.1. The van der Waals surface area contributed by atoms with Crippen molar-refractivity contribution in [2.45, 2.75) is 25.6 Å². The normalized spacial score (nSPS) is 20.0. The van der Waals surface area contributed by atoms with Gasteiger partial charge in [-0.1, -0.05) is 23.4 Å². The van der Waals surface area contributed by atoms with Crippen molar-refractivity contribution in [1.29, 1.82) is 0 Å². The van der Waals surface area contributed by atoms with Gasteiger partial charge < -0.3 is 14.9 Å². The number of nitrogens with zero attached hydrogens (tertiary/aromatic N) is 1. The van der Waals surface area contributed by atoms with Crippen molar-refractivity contribution in [1.82, 2.24) is 0 Å². The number of ether oxygens (including phenoxy) is 1. The van der Waals surface area contributed by atoms with Gasteiger partial charge in [0.25, 0.3) is 5.91 Å². The summed E-state index contributed by atoms with van der Waals surface area (Å²) in [6.45, 7) is 2.26. The molecule has 0 radical (unpaired) electrons. The predicted octanol–water partition coefficient (Wildman–Crippen LogP) is 3.42. The largest absolute Gasteiger partial charge is 0.380 e. The highest BCUT2D eigenvalue weighted by molar-refractivity contribution is 7.12. The number of benzene rings is 1. The Morgan fingerprint density at radius 2 is 2.30 bits per heavy atom. The van der Waals surface area contributed by atoms with Crippen LogP contribution in [-0.4, -0.2) is 24.3 Å². The van der Waals surface area contributed by atoms with Crippen molar-refractivity contribution >= 4 is 28.6 Å². The van der Waals surface area contributed by atoms with Crippen LogP contribution < -0.4 is 5.32 Å². The van der Waals surface area contributed by atoms with Crippen LogP contribution >= 0.6 is 11.3 Å². The van der Waals surface area contributed by atoms with Crippen LogP contribution in [0.15, 0.2) is 46.9 Å². The number of carbonyl (C=O) groups is 1. The summed E-state index contributed by atoms with van der Waals surface area (Å²) in [6.07, 6.45) is 0.455. The van der Waals surface area contributed by atoms with E-state index in [0.29, 0.717) is 13.0 Å². The highest BCUT2D eigenvalue weighted by atomic mass is 32.1. The predicted molar refractivity (Wildman–Crippen MR) is 90.7 cm³/mol. The summed E-state index contributed by atoms with van der Waals surface area (Å²) in [5.41, 5.74) is 1.54. The monoisotopic (exact) mass is 330 g/mol. The van der Waals surface area contributed by atoms with E-state index in [9.17, 15) is 4.79 Å². The Morgan fingerprint density at radius 3 is 3.04 bits per heavy atom. The van der Waals surface area contributed by atoms with Crippen molar-refractivity contribution in [3.8, 4) is 0 Å². The van der Waals surface area contributed by atoms with Gasteiger partial charge in [-0.05, 0) is 36.1 Å². The van der Waals surface area contributed by atoms with E-state index in [2.05, 4.69) is 10.5 Å². The first-order valence-electron chi connectivity index (χ1n) is 7.29. The zero-order valence-electron chi connectivity index (χ0n) is 13.0. The molecule has 1 atom stereocenters. The van der Waals surface area contributed by atoms with Gasteiger partial charge in [0.05, 0.1) is 11.5 Å². The molecule has 1 aromatic carbocycles. The van der Waals surface area contributed by atoms with Gasteiger partial charge in [0.15, 0.2) is 0 Å². The lowest BCUT2D eigenvalue weighted by Gasteiger charge is -2.20. The minimum Gasteiger partial charge on any atom is -0.380 e. The summed E-state index contributed by atoms with van der Waals surface area (Å²) in [5.74, 6) is -0.206. The molecule has 23 heavy (non-hydrogen) atoms. The van der Waals surface area contributed by atoms with E-state index in [4.69, 9.17) is 9.57 Å². The number of thiophene rings is 1. The molecule has 0 aliphatic carbocycles. The van der Waals surface area contributed by atoms with Crippen LogP contribution in [0.3, 0.4) is 0 Å². The highest BCUT2D eigenvalue weighted by Crippen LogP contribution is 2.29. The fourth-order valence-electron chi connectivity index (χ4n) is 2.41. The molecule has 0 bridgehead atoms. The van der Waals surface area contributed by atoms with Crippen molar-refractivity contribution in [2.24, 2.45) is 5.16 Å². The Labute approximate surface area is 138 Å². The molecule has 0 spiro atoms. The Balaban J connectivity index is 1.68. The number of rotatable bonds is 5. The van der Waals surface area contributed by atoms with Gasteiger partial charge in [-0.3, -0.25) is 4.79 Å². The van der Waals surface area contributed by atoms with E-state index in [-0.39, 0.29) is 5.91 Å². The lowest BCUT2D eigenvalue weighted by atomic mass is 9.98. The molecular weight excluding hydrogens is 312 g/mol. The quantitative estimate of drug-likeness (QED) is 0.914. The number of methoxy groups -OCH3 is 1. The van der Waals surface area contributed by atoms with E-state index < -0.39 is 5.60 Å². The number of carbonyl (C=O) groups excluding carboxylic acids is 1. The molecule has 1 aromatic heterocycles. The van der Waals surface area contributed by atoms with Crippen LogP contribution in [0, 0.1) is 0 Å². The van der Waals surface area contributed by atoms with Crippen LogP contribution in [0.5, 0.6) is 0 Å². The fraction of sp³-hybridized carbons (Fsp3) is 0.294. The standard InChI is InChI=1S/C17H18N2O3S/c1-17(10-14(19-22-17)15-7-4-8-23-15)16(20)18-13-6-3-5-12(9-13)11-21-2/h3-9H,10-11H2,1-2H3,(H,18,20). The molecule has 1 N–H and O–H groups in total. The first kappa shape index (κ1) is 15.7. The van der Waals surface area contributed by atoms with Gasteiger partial charge in [0.2, 0.25) is 5.60 Å². The van der Waals surface area contributed by atoms with Crippen molar-refractivity contribution in [3.63, 3.8) is 0 Å². The third-order valence-corrected chi connectivity index (χ3v) is 4.56. The molecule has 1 amide bonds. The lowest BCUT2D eigenvalue weighted by Crippen LogP contribution is -2.40. The lowest BCUT2D eigenvalue weighted by molar-refractivity contribution is -0.135. The first-order valence-corrected chi connectivity index (χ1v) is 8.17. The van der Waals surface area contributed by atoms with E-state index in [1.54, 1.807) is 25.4 Å². The topological polar surface area (TPSA) is 59.9 Å². The summed E-state index contributed by atoms with van der Waals surface area (Å²) < 4.78 is 5.11. The van der Waals surface area contributed by atoms with E-state index in [1.165, 1.54) is 0 Å². The third-order valence-electron chi connectivity index (χ3n) is 3.64.